The number of aromatic amines is 1. The molecule has 5 rings (SSSR count). The molecule has 0 fully saturated rings. The van der Waals surface area contributed by atoms with Crippen molar-refractivity contribution in [2.75, 3.05) is 6.54 Å². The van der Waals surface area contributed by atoms with Crippen molar-refractivity contribution in [3.05, 3.63) is 101 Å². The normalized spacial score (nSPS) is 12.9. The number of carbonyl (C=O) groups excluding carboxylic acids is 1. The molecule has 1 aliphatic heterocycles. The number of para-hydroxylation sites is 1. The number of aliphatic carboxylic acids is 2. The number of carboxylic acids is 2. The Labute approximate surface area is 218 Å². The van der Waals surface area contributed by atoms with E-state index >= 15 is 0 Å². The summed E-state index contributed by atoms with van der Waals surface area (Å²) in [7, 11) is 0. The van der Waals surface area contributed by atoms with Gasteiger partial charge in [-0.05, 0) is 18.6 Å². The molecule has 38 heavy (non-hydrogen) atoms. The first-order valence-electron chi connectivity index (χ1n) is 12.0. The van der Waals surface area contributed by atoms with E-state index in [4.69, 9.17) is 14.9 Å². The van der Waals surface area contributed by atoms with Crippen LogP contribution in [0.2, 0.25) is 0 Å². The number of fused-ring (bicyclic) bond motifs is 3. The van der Waals surface area contributed by atoms with Gasteiger partial charge < -0.3 is 29.4 Å². The van der Waals surface area contributed by atoms with Crippen LogP contribution in [0.4, 0.5) is 0 Å². The van der Waals surface area contributed by atoms with Crippen LogP contribution in [0.1, 0.15) is 33.0 Å². The molecule has 10 nitrogen and oxygen atoms in total. The lowest BCUT2D eigenvalue weighted by Gasteiger charge is -2.27. The van der Waals surface area contributed by atoms with E-state index in [1.54, 1.807) is 6.33 Å². The third-order valence-corrected chi connectivity index (χ3v) is 6.17. The number of carbonyl (C=O) groups is 3. The highest BCUT2D eigenvalue weighted by Crippen LogP contribution is 2.31. The van der Waals surface area contributed by atoms with Crippen LogP contribution < -0.4 is 0 Å². The second kappa shape index (κ2) is 12.0. The molecule has 0 atom stereocenters. The Morgan fingerprint density at radius 3 is 2.39 bits per heavy atom. The van der Waals surface area contributed by atoms with Crippen LogP contribution in [0, 0.1) is 6.92 Å². The molecule has 0 spiro atoms. The van der Waals surface area contributed by atoms with E-state index in [0.29, 0.717) is 38.6 Å². The van der Waals surface area contributed by atoms with Gasteiger partial charge in [0.1, 0.15) is 6.73 Å². The fraction of sp³-hybridized carbons (Fsp3) is 0.214. The van der Waals surface area contributed by atoms with Gasteiger partial charge in [0, 0.05) is 41.9 Å². The lowest BCUT2D eigenvalue weighted by atomic mass is 10.0. The number of benzene rings is 2. The van der Waals surface area contributed by atoms with Gasteiger partial charge in [-0.1, -0.05) is 48.5 Å². The summed E-state index contributed by atoms with van der Waals surface area (Å²) >= 11 is 0. The molecule has 196 valence electrons. The van der Waals surface area contributed by atoms with Crippen molar-refractivity contribution >= 4 is 28.7 Å². The zero-order chi connectivity index (χ0) is 27.1. The maximum Gasteiger partial charge on any atom is 0.328 e. The predicted octanol–water partition coefficient (Wildman–Crippen LogP) is 3.76. The van der Waals surface area contributed by atoms with Crippen molar-refractivity contribution in [1.29, 1.82) is 0 Å². The summed E-state index contributed by atoms with van der Waals surface area (Å²) in [5.41, 5.74) is 5.96. The number of ether oxygens (including phenoxy) is 1. The summed E-state index contributed by atoms with van der Waals surface area (Å²) in [6, 6.07) is 18.2. The lowest BCUT2D eigenvalue weighted by Crippen LogP contribution is -2.37. The number of carboxylic acid groups (broad SMARTS) is 2. The number of amides is 1. The minimum atomic E-state index is -1.26. The molecule has 10 heteroatoms. The molecule has 3 heterocycles. The zero-order valence-electron chi connectivity index (χ0n) is 20.8. The number of hydrogen-bond acceptors (Lipinski definition) is 5. The van der Waals surface area contributed by atoms with Crippen LogP contribution in [0.3, 0.4) is 0 Å². The molecule has 4 aromatic rings. The van der Waals surface area contributed by atoms with Crippen LogP contribution in [0.25, 0.3) is 10.9 Å². The monoisotopic (exact) mass is 516 g/mol. The van der Waals surface area contributed by atoms with Gasteiger partial charge in [0.15, 0.2) is 0 Å². The van der Waals surface area contributed by atoms with E-state index < -0.39 is 11.9 Å². The Hall–Kier alpha value is -4.70. The fourth-order valence-corrected chi connectivity index (χ4v) is 4.35. The quantitative estimate of drug-likeness (QED) is 0.303. The van der Waals surface area contributed by atoms with Gasteiger partial charge in [0.05, 0.1) is 36.3 Å². The number of aromatic nitrogens is 3. The van der Waals surface area contributed by atoms with Crippen molar-refractivity contribution in [2.45, 2.75) is 33.2 Å². The van der Waals surface area contributed by atoms with Crippen molar-refractivity contribution in [3.8, 4) is 0 Å². The predicted molar refractivity (Wildman–Crippen MR) is 139 cm³/mol. The standard InChI is InChI=1S/C24H24N4O2.C4H4O4/c1-17-20(26-15-25-17)13-27-12-11-22-23(24(27)29)19-9-5-6-10-21(19)28(22)16-30-14-18-7-3-2-4-8-18;5-3(6)1-2-4(7)8/h2-10,15H,11-14,16H2,1H3,(H,25,26);1-2H,(H,5,6)(H,7,8). The number of hydrogen-bond donors (Lipinski definition) is 3. The van der Waals surface area contributed by atoms with Gasteiger partial charge in [-0.3, -0.25) is 4.79 Å². The Kier molecular flexibility index (Phi) is 8.34. The highest BCUT2D eigenvalue weighted by Gasteiger charge is 2.31. The van der Waals surface area contributed by atoms with E-state index in [2.05, 4.69) is 32.7 Å². The van der Waals surface area contributed by atoms with E-state index in [0.717, 1.165) is 45.5 Å². The summed E-state index contributed by atoms with van der Waals surface area (Å²) in [5, 5.41) is 16.6. The Morgan fingerprint density at radius 1 is 1.05 bits per heavy atom. The number of imidazole rings is 1. The van der Waals surface area contributed by atoms with Crippen LogP contribution in [-0.4, -0.2) is 54.0 Å². The first kappa shape index (κ1) is 26.4. The Balaban J connectivity index is 0.000000368. The summed E-state index contributed by atoms with van der Waals surface area (Å²) in [6.07, 6.45) is 3.60. The van der Waals surface area contributed by atoms with E-state index in [1.165, 1.54) is 0 Å². The maximum absolute atomic E-state index is 13.4. The summed E-state index contributed by atoms with van der Waals surface area (Å²) in [6.45, 7) is 4.15. The summed E-state index contributed by atoms with van der Waals surface area (Å²) in [4.78, 5) is 41.9. The molecule has 3 N–H and O–H groups in total. The number of nitrogens with zero attached hydrogens (tertiary/aromatic N) is 3. The largest absolute Gasteiger partial charge is 0.478 e. The average Bonchev–Trinajstić information content (AvgIpc) is 3.46. The topological polar surface area (TPSA) is 138 Å². The molecule has 0 saturated heterocycles. The molecule has 0 bridgehead atoms. The van der Waals surface area contributed by atoms with Gasteiger partial charge in [0.2, 0.25) is 0 Å². The lowest BCUT2D eigenvalue weighted by molar-refractivity contribution is -0.134. The third kappa shape index (κ3) is 6.16. The molecule has 2 aromatic carbocycles. The molecule has 1 amide bonds. The molecule has 0 unspecified atom stereocenters. The molecule has 2 aromatic heterocycles. The molecule has 0 aliphatic carbocycles. The van der Waals surface area contributed by atoms with Crippen molar-refractivity contribution < 1.29 is 29.3 Å². The van der Waals surface area contributed by atoms with Gasteiger partial charge >= 0.3 is 11.9 Å². The second-order valence-electron chi connectivity index (χ2n) is 8.69. The molecule has 0 radical (unpaired) electrons. The van der Waals surface area contributed by atoms with Gasteiger partial charge in [-0.2, -0.15) is 0 Å². The van der Waals surface area contributed by atoms with Crippen molar-refractivity contribution in [2.24, 2.45) is 0 Å². The van der Waals surface area contributed by atoms with E-state index in [9.17, 15) is 14.4 Å². The van der Waals surface area contributed by atoms with Gasteiger partial charge in [-0.15, -0.1) is 0 Å². The highest BCUT2D eigenvalue weighted by atomic mass is 16.5. The van der Waals surface area contributed by atoms with Gasteiger partial charge in [-0.25, -0.2) is 14.6 Å². The minimum absolute atomic E-state index is 0.0664. The number of rotatable bonds is 8. The smallest absolute Gasteiger partial charge is 0.328 e. The first-order chi connectivity index (χ1) is 18.3. The van der Waals surface area contributed by atoms with Crippen LogP contribution in [0.5, 0.6) is 0 Å². The number of H-pyrrole nitrogens is 1. The second-order valence-corrected chi connectivity index (χ2v) is 8.69. The Bertz CT molecular complexity index is 1460. The van der Waals surface area contributed by atoms with E-state index in [-0.39, 0.29) is 5.91 Å². The minimum Gasteiger partial charge on any atom is -0.478 e. The summed E-state index contributed by atoms with van der Waals surface area (Å²) in [5.74, 6) is -2.45. The maximum atomic E-state index is 13.4. The van der Waals surface area contributed by atoms with E-state index in [1.807, 2.05) is 48.2 Å². The SMILES string of the molecule is Cc1[nH]cnc1CN1CCc2c(c3ccccc3n2COCc2ccccc2)C1=O.O=C(O)C=CC(=O)O. The van der Waals surface area contributed by atoms with Crippen LogP contribution in [-0.2, 0) is 40.6 Å². The zero-order valence-corrected chi connectivity index (χ0v) is 20.8. The molecule has 1 aliphatic rings. The molecular formula is C28H28N4O6. The molecule has 0 saturated carbocycles. The van der Waals surface area contributed by atoms with Crippen molar-refractivity contribution in [3.63, 3.8) is 0 Å². The Morgan fingerprint density at radius 2 is 1.74 bits per heavy atom. The fourth-order valence-electron chi connectivity index (χ4n) is 4.35. The number of nitrogens with one attached hydrogen (secondary N) is 1. The molecular weight excluding hydrogens is 488 g/mol. The van der Waals surface area contributed by atoms with Crippen molar-refractivity contribution in [1.82, 2.24) is 19.4 Å². The highest BCUT2D eigenvalue weighted by molar-refractivity contribution is 6.09. The number of aryl methyl sites for hydroxylation is 1. The van der Waals surface area contributed by atoms with Crippen LogP contribution in [0.15, 0.2) is 73.1 Å². The van der Waals surface area contributed by atoms with Gasteiger partial charge in [0.25, 0.3) is 5.91 Å². The summed E-state index contributed by atoms with van der Waals surface area (Å²) < 4.78 is 8.18. The third-order valence-electron chi connectivity index (χ3n) is 6.17. The first-order valence-corrected chi connectivity index (χ1v) is 12.0. The van der Waals surface area contributed by atoms with Crippen LogP contribution >= 0.6 is 0 Å². The average molecular weight is 517 g/mol.